The van der Waals surface area contributed by atoms with E-state index < -0.39 is 41.2 Å². The van der Waals surface area contributed by atoms with E-state index in [1.54, 1.807) is 43.0 Å². The number of nitrogens with zero attached hydrogens (tertiary/aromatic N) is 6. The van der Waals surface area contributed by atoms with Crippen LogP contribution in [0.1, 0.15) is 72.3 Å². The maximum Gasteiger partial charge on any atom is 0.269 e. The van der Waals surface area contributed by atoms with Gasteiger partial charge in [-0.15, -0.1) is 0 Å². The highest BCUT2D eigenvalue weighted by atomic mass is 16.6. The summed E-state index contributed by atoms with van der Waals surface area (Å²) < 4.78 is 11.9. The molecule has 4 amide bonds. The highest BCUT2D eigenvalue weighted by molar-refractivity contribution is 5.87. The van der Waals surface area contributed by atoms with Crippen molar-refractivity contribution in [3.8, 4) is 6.07 Å². The fourth-order valence-electron chi connectivity index (χ4n) is 7.86. The summed E-state index contributed by atoms with van der Waals surface area (Å²) in [7, 11) is 9.99. The first kappa shape index (κ1) is 46.0. The summed E-state index contributed by atoms with van der Waals surface area (Å²) in [5.74, 6) is -1.64. The lowest BCUT2D eigenvalue weighted by atomic mass is 9.90. The van der Waals surface area contributed by atoms with Crippen molar-refractivity contribution in [1.82, 2.24) is 24.9 Å². The number of likely N-dealkylation sites (tertiary alicyclic amines) is 1. The molecule has 0 bridgehead atoms. The number of benzene rings is 1. The van der Waals surface area contributed by atoms with Crippen molar-refractivity contribution in [2.45, 2.75) is 110 Å². The van der Waals surface area contributed by atoms with Crippen LogP contribution in [0.4, 0.5) is 5.69 Å². The van der Waals surface area contributed by atoms with Crippen LogP contribution in [0.15, 0.2) is 24.3 Å². The van der Waals surface area contributed by atoms with Crippen LogP contribution in [0.5, 0.6) is 0 Å². The SMILES string of the molecule is CCC(C)C(C(CC(=O)N1CCCC1C(OC)C(C)C(=O)N(C)C(CC#N)Cc1cccc([N+](=O)[O-])c1)OC)N(C)C(=O)CNC(=O)C(C(C)C)N(C)C. The van der Waals surface area contributed by atoms with E-state index in [0.717, 1.165) is 6.42 Å². The summed E-state index contributed by atoms with van der Waals surface area (Å²) in [6.07, 6.45) is 1.03. The lowest BCUT2D eigenvalue weighted by Gasteiger charge is -2.40. The Hall–Kier alpha value is -4.13. The van der Waals surface area contributed by atoms with E-state index in [1.807, 2.05) is 46.7 Å². The van der Waals surface area contributed by atoms with E-state index in [9.17, 15) is 34.6 Å². The van der Waals surface area contributed by atoms with E-state index >= 15 is 0 Å². The van der Waals surface area contributed by atoms with E-state index in [1.165, 1.54) is 31.3 Å². The van der Waals surface area contributed by atoms with E-state index in [-0.39, 0.29) is 73.0 Å². The average molecular weight is 758 g/mol. The van der Waals surface area contributed by atoms with Crippen LogP contribution in [-0.4, -0.2) is 140 Å². The zero-order valence-corrected chi connectivity index (χ0v) is 34.1. The standard InChI is InChI=1S/C39H63N7O8/c1-12-26(4)36(44(9)34(48)24-41-38(49)35(25(2)3)42(6)7)32(53-10)23-33(47)45-20-14-17-31(45)37(54-11)27(5)39(50)43(8)29(18-19-40)21-28-15-13-16-30(22-28)46(51)52/h13,15-16,22,25-27,29,31-32,35-37H,12,14,17-18,20-21,23-24H2,1-11H3,(H,41,49). The number of carbonyl (C=O) groups excluding carboxylic acids is 4. The first-order valence-corrected chi connectivity index (χ1v) is 18.9. The first-order chi connectivity index (χ1) is 25.4. The number of rotatable bonds is 21. The molecule has 8 atom stereocenters. The van der Waals surface area contributed by atoms with Crippen LogP contribution >= 0.6 is 0 Å². The number of amides is 4. The highest BCUT2D eigenvalue weighted by Crippen LogP contribution is 2.30. The maximum atomic E-state index is 14.1. The molecule has 0 spiro atoms. The molecule has 1 fully saturated rings. The van der Waals surface area contributed by atoms with E-state index in [2.05, 4.69) is 11.4 Å². The Morgan fingerprint density at radius 2 is 1.74 bits per heavy atom. The molecule has 0 aliphatic carbocycles. The number of hydrogen-bond donors (Lipinski definition) is 1. The molecular weight excluding hydrogens is 694 g/mol. The second kappa shape index (κ2) is 21.7. The quantitative estimate of drug-likeness (QED) is 0.144. The van der Waals surface area contributed by atoms with Crippen molar-refractivity contribution >= 4 is 29.3 Å². The van der Waals surface area contributed by atoms with E-state index in [0.29, 0.717) is 24.9 Å². The summed E-state index contributed by atoms with van der Waals surface area (Å²) in [4.78, 5) is 72.0. The number of non-ortho nitro benzene ring substituents is 1. The fraction of sp³-hybridized carbons (Fsp3) is 0.718. The molecule has 2 rings (SSSR count). The van der Waals surface area contributed by atoms with Gasteiger partial charge in [0.2, 0.25) is 23.6 Å². The largest absolute Gasteiger partial charge is 0.379 e. The Kier molecular flexibility index (Phi) is 18.5. The van der Waals surface area contributed by atoms with Gasteiger partial charge in [-0.1, -0.05) is 53.2 Å². The molecular formula is C39H63N7O8. The van der Waals surface area contributed by atoms with Gasteiger partial charge in [0.05, 0.1) is 66.6 Å². The zero-order chi connectivity index (χ0) is 40.9. The van der Waals surface area contributed by atoms with Crippen LogP contribution in [0.25, 0.3) is 0 Å². The topological polar surface area (TPSA) is 179 Å². The van der Waals surface area contributed by atoms with Gasteiger partial charge in [-0.2, -0.15) is 5.26 Å². The third-order valence-corrected chi connectivity index (χ3v) is 11.0. The van der Waals surface area contributed by atoms with Crippen LogP contribution < -0.4 is 5.32 Å². The number of nitriles is 1. The molecule has 0 aromatic heterocycles. The Bertz CT molecular complexity index is 1460. The molecule has 302 valence electrons. The number of nitro groups is 1. The van der Waals surface area contributed by atoms with Crippen molar-refractivity contribution < 1.29 is 33.6 Å². The van der Waals surface area contributed by atoms with Gasteiger partial charge < -0.3 is 29.5 Å². The van der Waals surface area contributed by atoms with Crippen molar-refractivity contribution in [3.05, 3.63) is 39.9 Å². The van der Waals surface area contributed by atoms with Gasteiger partial charge in [0.15, 0.2) is 0 Å². The highest BCUT2D eigenvalue weighted by Gasteiger charge is 2.43. The van der Waals surface area contributed by atoms with Crippen molar-refractivity contribution in [2.24, 2.45) is 17.8 Å². The number of methoxy groups -OCH3 is 2. The molecule has 15 nitrogen and oxygen atoms in total. The number of nitro benzene ring substituents is 1. The second-order valence-corrected chi connectivity index (χ2v) is 15.1. The molecule has 8 unspecified atom stereocenters. The zero-order valence-electron chi connectivity index (χ0n) is 34.1. The molecule has 1 heterocycles. The summed E-state index contributed by atoms with van der Waals surface area (Å²) in [5, 5.41) is 23.7. The predicted molar refractivity (Wildman–Crippen MR) is 205 cm³/mol. The third kappa shape index (κ3) is 11.9. The Balaban J connectivity index is 2.23. The van der Waals surface area contributed by atoms with Crippen molar-refractivity contribution in [1.29, 1.82) is 5.26 Å². The normalized spacial score (nSPS) is 18.2. The molecule has 1 aromatic carbocycles. The van der Waals surface area contributed by atoms with Crippen LogP contribution in [-0.2, 0) is 35.1 Å². The number of ether oxygens (including phenoxy) is 2. The van der Waals surface area contributed by atoms with Crippen LogP contribution in [0.3, 0.4) is 0 Å². The molecule has 54 heavy (non-hydrogen) atoms. The Labute approximate surface area is 321 Å². The number of likely N-dealkylation sites (N-methyl/N-ethyl adjacent to an activating group) is 3. The van der Waals surface area contributed by atoms with Gasteiger partial charge in [0, 0.05) is 53.0 Å². The molecule has 1 aromatic rings. The molecule has 1 N–H and O–H groups in total. The van der Waals surface area contributed by atoms with Crippen molar-refractivity contribution in [3.63, 3.8) is 0 Å². The molecule has 15 heteroatoms. The van der Waals surface area contributed by atoms with Gasteiger partial charge in [-0.3, -0.25) is 34.2 Å². The average Bonchev–Trinajstić information content (AvgIpc) is 3.62. The lowest BCUT2D eigenvalue weighted by Crippen LogP contribution is -2.55. The Morgan fingerprint density at radius 1 is 1.07 bits per heavy atom. The number of carbonyl (C=O) groups is 4. The van der Waals surface area contributed by atoms with Gasteiger partial charge in [0.25, 0.3) is 5.69 Å². The molecule has 0 saturated carbocycles. The summed E-state index contributed by atoms with van der Waals surface area (Å²) >= 11 is 0. The summed E-state index contributed by atoms with van der Waals surface area (Å²) in [6.45, 7) is 9.95. The van der Waals surface area contributed by atoms with Gasteiger partial charge in [-0.05, 0) is 50.8 Å². The molecule has 0 radical (unpaired) electrons. The minimum Gasteiger partial charge on any atom is -0.379 e. The van der Waals surface area contributed by atoms with E-state index in [4.69, 9.17) is 9.47 Å². The number of nitrogens with one attached hydrogen (secondary N) is 1. The monoisotopic (exact) mass is 757 g/mol. The smallest absolute Gasteiger partial charge is 0.269 e. The predicted octanol–water partition coefficient (Wildman–Crippen LogP) is 3.50. The summed E-state index contributed by atoms with van der Waals surface area (Å²) in [6, 6.07) is 6.51. The van der Waals surface area contributed by atoms with Crippen LogP contribution in [0, 0.1) is 39.2 Å². The minimum atomic E-state index is -0.683. The van der Waals surface area contributed by atoms with Gasteiger partial charge in [0.1, 0.15) is 0 Å². The lowest BCUT2D eigenvalue weighted by molar-refractivity contribution is -0.384. The first-order valence-electron chi connectivity index (χ1n) is 18.9. The fourth-order valence-corrected chi connectivity index (χ4v) is 7.86. The van der Waals surface area contributed by atoms with Gasteiger partial charge >= 0.3 is 0 Å². The molecule has 1 aliphatic rings. The number of hydrogen-bond acceptors (Lipinski definition) is 10. The second-order valence-electron chi connectivity index (χ2n) is 15.1. The summed E-state index contributed by atoms with van der Waals surface area (Å²) in [5.41, 5.74) is 0.571. The minimum absolute atomic E-state index is 0.00579. The van der Waals surface area contributed by atoms with Crippen molar-refractivity contribution in [2.75, 3.05) is 55.5 Å². The third-order valence-electron chi connectivity index (χ3n) is 11.0. The Morgan fingerprint density at radius 3 is 2.28 bits per heavy atom. The van der Waals surface area contributed by atoms with Crippen LogP contribution in [0.2, 0.25) is 0 Å². The van der Waals surface area contributed by atoms with Gasteiger partial charge in [-0.25, -0.2) is 0 Å². The maximum absolute atomic E-state index is 14.1. The molecule has 1 saturated heterocycles. The molecule has 1 aliphatic heterocycles.